The standard InChI is InChI=1S/C18H19N3OS/c1-2-19-12-14-13-23-18(20-14)21-16-10-6-7-11-17(16)22-15-8-4-3-5-9-15/h3-11,13,19H,2,12H2,1H3,(H,20,21). The van der Waals surface area contributed by atoms with E-state index in [1.807, 2.05) is 54.6 Å². The van der Waals surface area contributed by atoms with E-state index in [9.17, 15) is 0 Å². The van der Waals surface area contributed by atoms with Crippen molar-refractivity contribution in [1.29, 1.82) is 0 Å². The number of nitrogens with zero attached hydrogens (tertiary/aromatic N) is 1. The molecule has 0 amide bonds. The number of aromatic nitrogens is 1. The lowest BCUT2D eigenvalue weighted by Gasteiger charge is -2.11. The lowest BCUT2D eigenvalue weighted by Crippen LogP contribution is -2.11. The predicted molar refractivity (Wildman–Crippen MR) is 95.7 cm³/mol. The van der Waals surface area contributed by atoms with Crippen molar-refractivity contribution >= 4 is 22.2 Å². The van der Waals surface area contributed by atoms with E-state index in [-0.39, 0.29) is 0 Å². The molecule has 0 spiro atoms. The Morgan fingerprint density at radius 3 is 2.65 bits per heavy atom. The van der Waals surface area contributed by atoms with Crippen molar-refractivity contribution in [3.05, 3.63) is 65.7 Å². The van der Waals surface area contributed by atoms with E-state index < -0.39 is 0 Å². The number of anilines is 2. The van der Waals surface area contributed by atoms with Gasteiger partial charge in [-0.15, -0.1) is 11.3 Å². The minimum absolute atomic E-state index is 0.780. The molecule has 4 nitrogen and oxygen atoms in total. The minimum atomic E-state index is 0.780. The zero-order valence-electron chi connectivity index (χ0n) is 13.0. The number of hydrogen-bond acceptors (Lipinski definition) is 5. The number of para-hydroxylation sites is 3. The first-order valence-electron chi connectivity index (χ1n) is 7.59. The molecule has 0 saturated heterocycles. The molecule has 0 aliphatic carbocycles. The van der Waals surface area contributed by atoms with E-state index in [2.05, 4.69) is 27.9 Å². The summed E-state index contributed by atoms with van der Waals surface area (Å²) in [5, 5.41) is 9.55. The smallest absolute Gasteiger partial charge is 0.187 e. The maximum absolute atomic E-state index is 5.96. The molecule has 3 aromatic rings. The van der Waals surface area contributed by atoms with Gasteiger partial charge < -0.3 is 15.4 Å². The van der Waals surface area contributed by atoms with Crippen molar-refractivity contribution in [3.63, 3.8) is 0 Å². The van der Waals surface area contributed by atoms with Crippen molar-refractivity contribution < 1.29 is 4.74 Å². The van der Waals surface area contributed by atoms with Crippen LogP contribution in [0.3, 0.4) is 0 Å². The van der Waals surface area contributed by atoms with Crippen LogP contribution in [0.2, 0.25) is 0 Å². The SMILES string of the molecule is CCNCc1csc(Nc2ccccc2Oc2ccccc2)n1. The van der Waals surface area contributed by atoms with E-state index in [1.165, 1.54) is 0 Å². The molecule has 1 heterocycles. The highest BCUT2D eigenvalue weighted by Crippen LogP contribution is 2.32. The number of nitrogens with one attached hydrogen (secondary N) is 2. The van der Waals surface area contributed by atoms with Crippen LogP contribution in [0, 0.1) is 0 Å². The molecule has 0 bridgehead atoms. The summed E-state index contributed by atoms with van der Waals surface area (Å²) >= 11 is 1.59. The topological polar surface area (TPSA) is 46.2 Å². The first-order chi connectivity index (χ1) is 11.3. The first-order valence-corrected chi connectivity index (χ1v) is 8.47. The second-order valence-corrected chi connectivity index (χ2v) is 5.82. The monoisotopic (exact) mass is 325 g/mol. The van der Waals surface area contributed by atoms with E-state index in [0.29, 0.717) is 0 Å². The van der Waals surface area contributed by atoms with Crippen LogP contribution < -0.4 is 15.4 Å². The second-order valence-electron chi connectivity index (χ2n) is 4.96. The molecule has 0 aliphatic heterocycles. The second kappa shape index (κ2) is 7.76. The molecule has 0 fully saturated rings. The Balaban J connectivity index is 1.74. The highest BCUT2D eigenvalue weighted by molar-refractivity contribution is 7.13. The Morgan fingerprint density at radius 2 is 1.83 bits per heavy atom. The summed E-state index contributed by atoms with van der Waals surface area (Å²) in [6.07, 6.45) is 0. The van der Waals surface area contributed by atoms with Crippen LogP contribution in [0.5, 0.6) is 11.5 Å². The lowest BCUT2D eigenvalue weighted by molar-refractivity contribution is 0.485. The molecule has 2 aromatic carbocycles. The Bertz CT molecular complexity index is 743. The van der Waals surface area contributed by atoms with Gasteiger partial charge in [0.15, 0.2) is 10.9 Å². The van der Waals surface area contributed by atoms with Gasteiger partial charge in [0.2, 0.25) is 0 Å². The van der Waals surface area contributed by atoms with Gasteiger partial charge in [0.05, 0.1) is 11.4 Å². The average molecular weight is 325 g/mol. The molecular formula is C18H19N3OS. The summed E-state index contributed by atoms with van der Waals surface area (Å²) in [6, 6.07) is 17.6. The molecule has 23 heavy (non-hydrogen) atoms. The van der Waals surface area contributed by atoms with Gasteiger partial charge in [-0.3, -0.25) is 0 Å². The van der Waals surface area contributed by atoms with E-state index in [1.54, 1.807) is 11.3 Å². The maximum atomic E-state index is 5.96. The molecule has 0 saturated carbocycles. The van der Waals surface area contributed by atoms with Gasteiger partial charge in [0.1, 0.15) is 5.75 Å². The molecule has 3 rings (SSSR count). The Morgan fingerprint density at radius 1 is 1.04 bits per heavy atom. The number of thiazole rings is 1. The Hall–Kier alpha value is -2.37. The largest absolute Gasteiger partial charge is 0.455 e. The van der Waals surface area contributed by atoms with Gasteiger partial charge in [0, 0.05) is 11.9 Å². The number of hydrogen-bond donors (Lipinski definition) is 2. The lowest BCUT2D eigenvalue weighted by atomic mass is 10.3. The van der Waals surface area contributed by atoms with Gasteiger partial charge in [-0.2, -0.15) is 0 Å². The third kappa shape index (κ3) is 4.31. The molecule has 1 aromatic heterocycles. The molecule has 118 valence electrons. The molecule has 0 radical (unpaired) electrons. The van der Waals surface area contributed by atoms with E-state index >= 15 is 0 Å². The van der Waals surface area contributed by atoms with Gasteiger partial charge in [-0.05, 0) is 30.8 Å². The van der Waals surface area contributed by atoms with Crippen LogP contribution >= 0.6 is 11.3 Å². The molecule has 0 aliphatic rings. The van der Waals surface area contributed by atoms with Crippen LogP contribution in [-0.2, 0) is 6.54 Å². The number of rotatable bonds is 7. The highest BCUT2D eigenvalue weighted by Gasteiger charge is 2.07. The van der Waals surface area contributed by atoms with Crippen LogP contribution in [0.25, 0.3) is 0 Å². The summed E-state index contributed by atoms with van der Waals surface area (Å²) in [7, 11) is 0. The first kappa shape index (κ1) is 15.5. The van der Waals surface area contributed by atoms with Crippen molar-refractivity contribution in [3.8, 4) is 11.5 Å². The van der Waals surface area contributed by atoms with Gasteiger partial charge >= 0.3 is 0 Å². The fourth-order valence-corrected chi connectivity index (χ4v) is 2.81. The fraction of sp³-hybridized carbons (Fsp3) is 0.167. The van der Waals surface area contributed by atoms with Gasteiger partial charge in [0.25, 0.3) is 0 Å². The van der Waals surface area contributed by atoms with Crippen molar-refractivity contribution in [1.82, 2.24) is 10.3 Å². The summed E-state index contributed by atoms with van der Waals surface area (Å²) < 4.78 is 5.96. The van der Waals surface area contributed by atoms with Crippen molar-refractivity contribution in [2.24, 2.45) is 0 Å². The molecule has 5 heteroatoms. The van der Waals surface area contributed by atoms with Crippen LogP contribution in [0.4, 0.5) is 10.8 Å². The average Bonchev–Trinajstić information content (AvgIpc) is 3.03. The zero-order chi connectivity index (χ0) is 15.9. The summed E-state index contributed by atoms with van der Waals surface area (Å²) in [5.74, 6) is 1.59. The molecule has 0 atom stereocenters. The van der Waals surface area contributed by atoms with E-state index in [4.69, 9.17) is 4.74 Å². The highest BCUT2D eigenvalue weighted by atomic mass is 32.1. The minimum Gasteiger partial charge on any atom is -0.455 e. The maximum Gasteiger partial charge on any atom is 0.187 e. The van der Waals surface area contributed by atoms with Gasteiger partial charge in [-0.25, -0.2) is 4.98 Å². The van der Waals surface area contributed by atoms with Crippen LogP contribution in [0.15, 0.2) is 60.0 Å². The van der Waals surface area contributed by atoms with Gasteiger partial charge in [-0.1, -0.05) is 37.3 Å². The predicted octanol–water partition coefficient (Wildman–Crippen LogP) is 4.79. The fourth-order valence-electron chi connectivity index (χ4n) is 2.09. The normalized spacial score (nSPS) is 10.5. The molecule has 0 unspecified atom stereocenters. The third-order valence-corrected chi connectivity index (χ3v) is 4.01. The summed E-state index contributed by atoms with van der Waals surface area (Å²) in [6.45, 7) is 3.81. The zero-order valence-corrected chi connectivity index (χ0v) is 13.8. The summed E-state index contributed by atoms with van der Waals surface area (Å²) in [5.41, 5.74) is 1.95. The third-order valence-electron chi connectivity index (χ3n) is 3.21. The molecule has 2 N–H and O–H groups in total. The summed E-state index contributed by atoms with van der Waals surface area (Å²) in [4.78, 5) is 4.58. The van der Waals surface area contributed by atoms with Crippen LogP contribution in [0.1, 0.15) is 12.6 Å². The van der Waals surface area contributed by atoms with E-state index in [0.717, 1.165) is 41.1 Å². The number of benzene rings is 2. The van der Waals surface area contributed by atoms with Crippen molar-refractivity contribution in [2.45, 2.75) is 13.5 Å². The Kier molecular flexibility index (Phi) is 5.24. The molecular weight excluding hydrogens is 306 g/mol. The Labute approximate surface area is 140 Å². The van der Waals surface area contributed by atoms with Crippen molar-refractivity contribution in [2.75, 3.05) is 11.9 Å². The van der Waals surface area contributed by atoms with Crippen LogP contribution in [-0.4, -0.2) is 11.5 Å². The number of ether oxygens (including phenoxy) is 1. The quantitative estimate of drug-likeness (QED) is 0.656.